The number of likely N-dealkylation sites (tertiary alicyclic amines) is 1. The van der Waals surface area contributed by atoms with Gasteiger partial charge in [0.05, 0.1) is 5.56 Å². The van der Waals surface area contributed by atoms with Gasteiger partial charge in [-0.1, -0.05) is 0 Å². The lowest BCUT2D eigenvalue weighted by Gasteiger charge is -2.34. The zero-order valence-corrected chi connectivity index (χ0v) is 16.9. The highest BCUT2D eigenvalue weighted by Crippen LogP contribution is 2.39. The van der Waals surface area contributed by atoms with E-state index in [2.05, 4.69) is 20.9 Å². The third kappa shape index (κ3) is 4.39. The molecule has 9 heteroatoms. The Hall–Kier alpha value is -1.77. The second kappa shape index (κ2) is 7.00. The van der Waals surface area contributed by atoms with E-state index < -0.39 is 23.4 Å². The van der Waals surface area contributed by atoms with Gasteiger partial charge >= 0.3 is 12.3 Å². The zero-order valence-electron chi connectivity index (χ0n) is 15.3. The first-order valence-electron chi connectivity index (χ1n) is 8.67. The second-order valence-corrected chi connectivity index (χ2v) is 8.59. The zero-order chi connectivity index (χ0) is 20.0. The van der Waals surface area contributed by atoms with Crippen LogP contribution in [0.4, 0.5) is 18.0 Å². The van der Waals surface area contributed by atoms with Crippen LogP contribution < -0.4 is 0 Å². The minimum atomic E-state index is -4.46. The molecule has 0 aliphatic carbocycles. The number of alkyl halides is 3. The number of rotatable bonds is 1. The highest BCUT2D eigenvalue weighted by Gasteiger charge is 2.36. The summed E-state index contributed by atoms with van der Waals surface area (Å²) in [4.78, 5) is 18.0. The van der Waals surface area contributed by atoms with Crippen molar-refractivity contribution >= 4 is 33.1 Å². The van der Waals surface area contributed by atoms with E-state index in [0.717, 1.165) is 6.20 Å². The smallest absolute Gasteiger partial charge is 0.418 e. The third-order valence-corrected chi connectivity index (χ3v) is 4.88. The number of ether oxygens (including phenoxy) is 1. The molecule has 1 amide bonds. The van der Waals surface area contributed by atoms with Gasteiger partial charge < -0.3 is 14.2 Å². The number of hydrogen-bond acceptors (Lipinski definition) is 3. The van der Waals surface area contributed by atoms with Crippen LogP contribution in [0.1, 0.15) is 45.2 Å². The summed E-state index contributed by atoms with van der Waals surface area (Å²) in [5.41, 5.74) is -0.967. The van der Waals surface area contributed by atoms with E-state index in [1.165, 1.54) is 12.3 Å². The van der Waals surface area contributed by atoms with E-state index in [1.807, 2.05) is 0 Å². The van der Waals surface area contributed by atoms with Gasteiger partial charge in [-0.3, -0.25) is 0 Å². The van der Waals surface area contributed by atoms with Crippen LogP contribution in [-0.2, 0) is 10.9 Å². The molecule has 3 heterocycles. The number of hydrogen-bond donors (Lipinski definition) is 0. The maximum atomic E-state index is 13.4. The summed E-state index contributed by atoms with van der Waals surface area (Å²) in [6.07, 6.45) is -1.14. The Bertz CT molecular complexity index is 850. The van der Waals surface area contributed by atoms with Crippen LogP contribution in [0.15, 0.2) is 22.9 Å². The van der Waals surface area contributed by atoms with E-state index in [9.17, 15) is 18.0 Å². The largest absolute Gasteiger partial charge is 0.444 e. The molecule has 1 fully saturated rings. The number of amides is 1. The maximum Gasteiger partial charge on any atom is 0.418 e. The van der Waals surface area contributed by atoms with Crippen molar-refractivity contribution in [3.63, 3.8) is 0 Å². The van der Waals surface area contributed by atoms with Crippen molar-refractivity contribution in [3.05, 3.63) is 28.5 Å². The lowest BCUT2D eigenvalue weighted by molar-refractivity contribution is -0.136. The SMILES string of the molecule is CC(C)(C)OC(=O)N1CCC(n2cc(C(F)(F)F)c3cc(Br)cnc32)CC1. The molecule has 0 radical (unpaired) electrons. The molecule has 2 aromatic heterocycles. The molecule has 1 saturated heterocycles. The van der Waals surface area contributed by atoms with Gasteiger partial charge in [-0.05, 0) is 55.6 Å². The molecule has 0 spiro atoms. The van der Waals surface area contributed by atoms with Gasteiger partial charge in [-0.25, -0.2) is 9.78 Å². The minimum Gasteiger partial charge on any atom is -0.444 e. The second-order valence-electron chi connectivity index (χ2n) is 7.67. The van der Waals surface area contributed by atoms with Gasteiger partial charge in [0.25, 0.3) is 0 Å². The van der Waals surface area contributed by atoms with E-state index >= 15 is 0 Å². The first-order valence-corrected chi connectivity index (χ1v) is 9.46. The summed E-state index contributed by atoms with van der Waals surface area (Å²) in [7, 11) is 0. The van der Waals surface area contributed by atoms with Crippen LogP contribution in [0.3, 0.4) is 0 Å². The van der Waals surface area contributed by atoms with E-state index in [-0.39, 0.29) is 11.4 Å². The Morgan fingerprint density at radius 3 is 2.44 bits per heavy atom. The number of aromatic nitrogens is 2. The van der Waals surface area contributed by atoms with Gasteiger partial charge in [0.1, 0.15) is 11.2 Å². The molecule has 2 aromatic rings. The van der Waals surface area contributed by atoms with Crippen LogP contribution in [0.2, 0.25) is 0 Å². The van der Waals surface area contributed by atoms with Gasteiger partial charge in [-0.15, -0.1) is 0 Å². The molecule has 0 bridgehead atoms. The quantitative estimate of drug-likeness (QED) is 0.588. The molecule has 1 aliphatic rings. The van der Waals surface area contributed by atoms with Crippen LogP contribution in [0.5, 0.6) is 0 Å². The standard InChI is InChI=1S/C18H21BrF3N3O2/c1-17(2,3)27-16(26)24-6-4-12(5-7-24)25-10-14(18(20,21)22)13-8-11(19)9-23-15(13)25/h8-10,12H,4-7H2,1-3H3. The van der Waals surface area contributed by atoms with Crippen molar-refractivity contribution in [2.75, 3.05) is 13.1 Å². The Morgan fingerprint density at radius 1 is 1.26 bits per heavy atom. The summed E-state index contributed by atoms with van der Waals surface area (Å²) < 4.78 is 47.7. The monoisotopic (exact) mass is 447 g/mol. The molecule has 3 rings (SSSR count). The van der Waals surface area contributed by atoms with Gasteiger partial charge in [0, 0.05) is 41.4 Å². The lowest BCUT2D eigenvalue weighted by Crippen LogP contribution is -2.42. The predicted octanol–water partition coefficient (Wildman–Crippen LogP) is 5.39. The molecule has 27 heavy (non-hydrogen) atoms. The molecule has 5 nitrogen and oxygen atoms in total. The highest BCUT2D eigenvalue weighted by atomic mass is 79.9. The number of pyridine rings is 1. The van der Waals surface area contributed by atoms with Crippen molar-refractivity contribution in [3.8, 4) is 0 Å². The summed E-state index contributed by atoms with van der Waals surface area (Å²) in [5.74, 6) is 0. The fraction of sp³-hybridized carbons (Fsp3) is 0.556. The van der Waals surface area contributed by atoms with Crippen molar-refractivity contribution in [1.82, 2.24) is 14.5 Å². The van der Waals surface area contributed by atoms with Crippen LogP contribution in [0.25, 0.3) is 11.0 Å². The Kier molecular flexibility index (Phi) is 5.18. The molecule has 148 valence electrons. The molecule has 0 unspecified atom stereocenters. The Morgan fingerprint density at radius 2 is 1.89 bits per heavy atom. The molecule has 1 aliphatic heterocycles. The molecular formula is C18H21BrF3N3O2. The number of halogens is 4. The van der Waals surface area contributed by atoms with E-state index in [1.54, 1.807) is 30.2 Å². The van der Waals surface area contributed by atoms with Crippen molar-refractivity contribution in [1.29, 1.82) is 0 Å². The fourth-order valence-electron chi connectivity index (χ4n) is 3.26. The number of nitrogens with zero attached hydrogens (tertiary/aromatic N) is 3. The van der Waals surface area contributed by atoms with E-state index in [4.69, 9.17) is 4.74 Å². The third-order valence-electron chi connectivity index (χ3n) is 4.45. The predicted molar refractivity (Wildman–Crippen MR) is 98.5 cm³/mol. The van der Waals surface area contributed by atoms with Crippen molar-refractivity contribution in [2.24, 2.45) is 0 Å². The topological polar surface area (TPSA) is 47.4 Å². The Balaban J connectivity index is 1.83. The van der Waals surface area contributed by atoms with Crippen molar-refractivity contribution < 1.29 is 22.7 Å². The minimum absolute atomic E-state index is 0.0754. The number of carbonyl (C=O) groups excluding carboxylic acids is 1. The van der Waals surface area contributed by atoms with Gasteiger partial charge in [0.2, 0.25) is 0 Å². The van der Waals surface area contributed by atoms with E-state index in [0.29, 0.717) is 36.1 Å². The number of fused-ring (bicyclic) bond motifs is 1. The fourth-order valence-corrected chi connectivity index (χ4v) is 3.59. The molecule has 0 saturated carbocycles. The highest BCUT2D eigenvalue weighted by molar-refractivity contribution is 9.10. The lowest BCUT2D eigenvalue weighted by atomic mass is 10.1. The van der Waals surface area contributed by atoms with Crippen LogP contribution in [-0.4, -0.2) is 39.2 Å². The van der Waals surface area contributed by atoms with Crippen LogP contribution in [0, 0.1) is 0 Å². The molecular weight excluding hydrogens is 427 g/mol. The first kappa shape index (κ1) is 20.0. The number of piperidine rings is 1. The first-order chi connectivity index (χ1) is 12.5. The normalized spacial score (nSPS) is 16.8. The summed E-state index contributed by atoms with van der Waals surface area (Å²) in [5, 5.41) is 0.0754. The van der Waals surface area contributed by atoms with Gasteiger partial charge in [0.15, 0.2) is 0 Å². The Labute approximate surface area is 163 Å². The maximum absolute atomic E-state index is 13.4. The molecule has 0 aromatic carbocycles. The molecule has 0 N–H and O–H groups in total. The average Bonchev–Trinajstić information content (AvgIpc) is 2.92. The van der Waals surface area contributed by atoms with Gasteiger partial charge in [-0.2, -0.15) is 13.2 Å². The summed E-state index contributed by atoms with van der Waals surface area (Å²) in [6.45, 7) is 6.25. The van der Waals surface area contributed by atoms with Crippen molar-refractivity contribution in [2.45, 2.75) is 51.4 Å². The summed E-state index contributed by atoms with van der Waals surface area (Å²) in [6, 6.07) is 1.29. The molecule has 0 atom stereocenters. The average molecular weight is 448 g/mol. The van der Waals surface area contributed by atoms with Crippen LogP contribution >= 0.6 is 15.9 Å². The summed E-state index contributed by atoms with van der Waals surface area (Å²) >= 11 is 3.19. The number of carbonyl (C=O) groups is 1.